The molecule has 0 saturated carbocycles. The fourth-order valence-corrected chi connectivity index (χ4v) is 5.47. The molecule has 37 heavy (non-hydrogen) atoms. The second kappa shape index (κ2) is 12.5. The van der Waals surface area contributed by atoms with Crippen molar-refractivity contribution in [3.63, 3.8) is 0 Å². The normalized spacial score (nSPS) is 16.6. The molecule has 0 aliphatic carbocycles. The molecule has 2 aliphatic rings. The zero-order chi connectivity index (χ0) is 26.3. The van der Waals surface area contributed by atoms with Gasteiger partial charge in [0.05, 0.1) is 0 Å². The summed E-state index contributed by atoms with van der Waals surface area (Å²) in [5.41, 5.74) is 4.60. The molecular formula is C31H39F2N3O. The van der Waals surface area contributed by atoms with Crippen LogP contribution in [-0.4, -0.2) is 34.6 Å². The van der Waals surface area contributed by atoms with Crippen molar-refractivity contribution in [2.24, 2.45) is 10.9 Å². The molecule has 2 aromatic rings. The predicted octanol–water partition coefficient (Wildman–Crippen LogP) is 7.36. The molecular weight excluding hydrogens is 468 g/mol. The Balaban J connectivity index is 1.15. The number of halogens is 2. The van der Waals surface area contributed by atoms with E-state index in [2.05, 4.69) is 29.5 Å². The van der Waals surface area contributed by atoms with Crippen molar-refractivity contribution in [3.8, 4) is 0 Å². The third kappa shape index (κ3) is 7.27. The van der Waals surface area contributed by atoms with Crippen molar-refractivity contribution in [3.05, 3.63) is 83.3 Å². The van der Waals surface area contributed by atoms with E-state index in [1.54, 1.807) is 12.1 Å². The first-order valence-corrected chi connectivity index (χ1v) is 13.6. The molecule has 1 saturated heterocycles. The summed E-state index contributed by atoms with van der Waals surface area (Å²) in [4.78, 5) is 23.0. The Morgan fingerprint density at radius 3 is 2.78 bits per heavy atom. The Bertz CT molecular complexity index is 1140. The zero-order valence-corrected chi connectivity index (χ0v) is 21.9. The second-order valence-electron chi connectivity index (χ2n) is 10.6. The number of benzene rings is 1. The number of aromatic amines is 1. The van der Waals surface area contributed by atoms with Crippen molar-refractivity contribution >= 4 is 11.6 Å². The highest BCUT2D eigenvalue weighted by Gasteiger charge is 2.29. The van der Waals surface area contributed by atoms with Gasteiger partial charge >= 0.3 is 0 Å². The third-order valence-corrected chi connectivity index (χ3v) is 7.59. The molecule has 1 aromatic carbocycles. The van der Waals surface area contributed by atoms with Gasteiger partial charge in [-0.2, -0.15) is 0 Å². The summed E-state index contributed by atoms with van der Waals surface area (Å²) in [6.07, 6.45) is 12.5. The van der Waals surface area contributed by atoms with E-state index in [0.29, 0.717) is 31.6 Å². The van der Waals surface area contributed by atoms with E-state index >= 15 is 0 Å². The standard InChI is InChI=1S/C31H39F2N3O/c1-3-16-31(32,33)26-10-4-8-25(21-26)9-6-12-27(37)11-5-7-24-14-18-36(19-15-24)30-28-13-17-34-29(28)20-23(2)22-35-30/h3-4,8,10,13,17,21-22,24,34H,1,5-7,9,11-12,14-16,18-20H2,2H3. The Kier molecular flexibility index (Phi) is 9.12. The average Bonchev–Trinajstić information content (AvgIpc) is 3.26. The number of ketones is 1. The number of nitrogens with one attached hydrogen (secondary N) is 1. The van der Waals surface area contributed by atoms with Gasteiger partial charge in [-0.3, -0.25) is 4.79 Å². The molecule has 2 aliphatic heterocycles. The Morgan fingerprint density at radius 2 is 2.00 bits per heavy atom. The maximum atomic E-state index is 14.1. The lowest BCUT2D eigenvalue weighted by Gasteiger charge is -2.34. The van der Waals surface area contributed by atoms with Crippen LogP contribution in [0.1, 0.15) is 80.7 Å². The number of allylic oxidation sites excluding steroid dienone is 2. The molecule has 1 fully saturated rings. The van der Waals surface area contributed by atoms with E-state index in [4.69, 9.17) is 4.99 Å². The zero-order valence-electron chi connectivity index (χ0n) is 21.9. The summed E-state index contributed by atoms with van der Waals surface area (Å²) in [7, 11) is 0. The highest BCUT2D eigenvalue weighted by Crippen LogP contribution is 2.32. The minimum atomic E-state index is -2.89. The van der Waals surface area contributed by atoms with Crippen LogP contribution in [0.25, 0.3) is 0 Å². The predicted molar refractivity (Wildman–Crippen MR) is 146 cm³/mol. The number of piperidine rings is 1. The lowest BCUT2D eigenvalue weighted by molar-refractivity contribution is -0.119. The molecule has 3 heterocycles. The summed E-state index contributed by atoms with van der Waals surface area (Å²) in [5, 5.41) is 0. The number of aliphatic imine (C=N–C) groups is 1. The highest BCUT2D eigenvalue weighted by molar-refractivity contribution is 6.00. The summed E-state index contributed by atoms with van der Waals surface area (Å²) in [6.45, 7) is 7.54. The smallest absolute Gasteiger partial charge is 0.276 e. The topological polar surface area (TPSA) is 48.5 Å². The number of alkyl halides is 2. The maximum absolute atomic E-state index is 14.1. The largest absolute Gasteiger partial charge is 0.364 e. The van der Waals surface area contributed by atoms with E-state index in [9.17, 15) is 13.6 Å². The first-order chi connectivity index (χ1) is 17.9. The van der Waals surface area contributed by atoms with E-state index in [-0.39, 0.29) is 17.8 Å². The number of H-pyrrole nitrogens is 1. The van der Waals surface area contributed by atoms with Gasteiger partial charge in [0.2, 0.25) is 0 Å². The molecule has 0 unspecified atom stereocenters. The molecule has 198 valence electrons. The minimum Gasteiger partial charge on any atom is -0.364 e. The number of fused-ring (bicyclic) bond motifs is 1. The fourth-order valence-electron chi connectivity index (χ4n) is 5.47. The molecule has 6 heteroatoms. The molecule has 1 N–H and O–H groups in total. The lowest BCUT2D eigenvalue weighted by Crippen LogP contribution is -2.39. The van der Waals surface area contributed by atoms with Crippen LogP contribution in [0.15, 0.2) is 65.9 Å². The number of nitrogens with zero attached hydrogens (tertiary/aromatic N) is 2. The summed E-state index contributed by atoms with van der Waals surface area (Å²) < 4.78 is 28.3. The quantitative estimate of drug-likeness (QED) is 0.323. The summed E-state index contributed by atoms with van der Waals surface area (Å²) >= 11 is 0. The van der Waals surface area contributed by atoms with Gasteiger partial charge in [0, 0.05) is 68.0 Å². The second-order valence-corrected chi connectivity index (χ2v) is 10.6. The number of likely N-dealkylation sites (tertiary alicyclic amines) is 1. The average molecular weight is 508 g/mol. The van der Waals surface area contributed by atoms with Crippen LogP contribution >= 0.6 is 0 Å². The van der Waals surface area contributed by atoms with Crippen LogP contribution in [0.5, 0.6) is 0 Å². The number of aromatic nitrogens is 1. The van der Waals surface area contributed by atoms with Crippen molar-refractivity contribution in [1.82, 2.24) is 9.88 Å². The molecule has 0 spiro atoms. The van der Waals surface area contributed by atoms with Crippen LogP contribution in [-0.2, 0) is 23.6 Å². The molecule has 0 radical (unpaired) electrons. The van der Waals surface area contributed by atoms with Gasteiger partial charge in [0.25, 0.3) is 5.92 Å². The number of hydrogen-bond donors (Lipinski definition) is 1. The number of amidine groups is 1. The molecule has 0 atom stereocenters. The van der Waals surface area contributed by atoms with Gasteiger partial charge in [-0.1, -0.05) is 24.3 Å². The van der Waals surface area contributed by atoms with Gasteiger partial charge in [-0.15, -0.1) is 6.58 Å². The van der Waals surface area contributed by atoms with Crippen molar-refractivity contribution < 1.29 is 13.6 Å². The van der Waals surface area contributed by atoms with E-state index in [1.165, 1.54) is 29.0 Å². The molecule has 4 nitrogen and oxygen atoms in total. The SMILES string of the molecule is C=CCC(F)(F)c1cccc(CCCC(=O)CCCC2CCN(C3=NC=C(C)Cc4[nH]ccc43)CC2)c1. The molecule has 0 amide bonds. The number of carbonyl (C=O) groups excluding carboxylic acids is 1. The van der Waals surface area contributed by atoms with Crippen LogP contribution < -0.4 is 0 Å². The van der Waals surface area contributed by atoms with Crippen LogP contribution in [0.4, 0.5) is 8.78 Å². The highest BCUT2D eigenvalue weighted by atomic mass is 19.3. The van der Waals surface area contributed by atoms with Gasteiger partial charge in [0.15, 0.2) is 0 Å². The Hall–Kier alpha value is -3.02. The lowest BCUT2D eigenvalue weighted by atomic mass is 9.90. The first-order valence-electron chi connectivity index (χ1n) is 13.6. The van der Waals surface area contributed by atoms with E-state index in [0.717, 1.165) is 56.6 Å². The number of carbonyl (C=O) groups is 1. The fraction of sp³-hybridized carbons (Fsp3) is 0.484. The van der Waals surface area contributed by atoms with Crippen LogP contribution in [0, 0.1) is 5.92 Å². The van der Waals surface area contributed by atoms with Crippen molar-refractivity contribution in [2.45, 2.75) is 77.1 Å². The van der Waals surface area contributed by atoms with Crippen LogP contribution in [0.3, 0.4) is 0 Å². The Labute approximate surface area is 219 Å². The van der Waals surface area contributed by atoms with E-state index in [1.807, 2.05) is 18.5 Å². The monoisotopic (exact) mass is 507 g/mol. The van der Waals surface area contributed by atoms with E-state index < -0.39 is 5.92 Å². The molecule has 4 rings (SSSR count). The maximum Gasteiger partial charge on any atom is 0.276 e. The third-order valence-electron chi connectivity index (χ3n) is 7.59. The van der Waals surface area contributed by atoms with Crippen molar-refractivity contribution in [2.75, 3.05) is 13.1 Å². The Morgan fingerprint density at radius 1 is 1.22 bits per heavy atom. The van der Waals surface area contributed by atoms with Crippen LogP contribution in [0.2, 0.25) is 0 Å². The number of Topliss-reactive ketones (excluding diaryl/α,β-unsaturated/α-hetero) is 1. The number of rotatable bonds is 11. The summed E-state index contributed by atoms with van der Waals surface area (Å²) in [5.74, 6) is -0.885. The first kappa shape index (κ1) is 27.0. The van der Waals surface area contributed by atoms with Gasteiger partial charge in [0.1, 0.15) is 11.6 Å². The summed E-state index contributed by atoms with van der Waals surface area (Å²) in [6, 6.07) is 8.69. The van der Waals surface area contributed by atoms with Gasteiger partial charge in [-0.05, 0) is 74.6 Å². The number of aryl methyl sites for hydroxylation is 1. The van der Waals surface area contributed by atoms with Gasteiger partial charge < -0.3 is 9.88 Å². The van der Waals surface area contributed by atoms with Crippen molar-refractivity contribution in [1.29, 1.82) is 0 Å². The number of hydrogen-bond acceptors (Lipinski definition) is 3. The minimum absolute atomic E-state index is 0.0218. The molecule has 0 bridgehead atoms. The van der Waals surface area contributed by atoms with Gasteiger partial charge in [-0.25, -0.2) is 13.8 Å². The molecule has 1 aromatic heterocycles.